The summed E-state index contributed by atoms with van der Waals surface area (Å²) in [6.07, 6.45) is 0. The number of benzene rings is 1. The standard InChI is InChI=1S/C14H19N3O4S/c1-4-15-14(19)9(3)17-22(20,21)10-5-6-12-11(7-10)8(2)13(18)16-12/h5-9,17H,4H2,1-3H3,(H,15,19)(H,16,18)/t8-,9+/m1/s1. The first-order valence-electron chi connectivity index (χ1n) is 7.01. The maximum Gasteiger partial charge on any atom is 0.241 e. The Morgan fingerprint density at radius 3 is 2.73 bits per heavy atom. The van der Waals surface area contributed by atoms with Gasteiger partial charge < -0.3 is 10.6 Å². The molecule has 0 aliphatic carbocycles. The van der Waals surface area contributed by atoms with Crippen molar-refractivity contribution in [1.29, 1.82) is 0 Å². The molecular weight excluding hydrogens is 306 g/mol. The average molecular weight is 325 g/mol. The monoisotopic (exact) mass is 325 g/mol. The molecule has 0 saturated heterocycles. The van der Waals surface area contributed by atoms with Crippen LogP contribution in [0.2, 0.25) is 0 Å². The van der Waals surface area contributed by atoms with Gasteiger partial charge in [-0.1, -0.05) is 0 Å². The highest BCUT2D eigenvalue weighted by Crippen LogP contribution is 2.33. The fourth-order valence-electron chi connectivity index (χ4n) is 2.24. The van der Waals surface area contributed by atoms with E-state index in [9.17, 15) is 18.0 Å². The fraction of sp³-hybridized carbons (Fsp3) is 0.429. The maximum atomic E-state index is 12.3. The van der Waals surface area contributed by atoms with Crippen LogP contribution in [0.1, 0.15) is 32.3 Å². The number of rotatable bonds is 5. The van der Waals surface area contributed by atoms with Crippen molar-refractivity contribution in [2.45, 2.75) is 37.6 Å². The summed E-state index contributed by atoms with van der Waals surface area (Å²) >= 11 is 0. The van der Waals surface area contributed by atoms with E-state index in [2.05, 4.69) is 15.4 Å². The molecule has 1 aliphatic rings. The van der Waals surface area contributed by atoms with Gasteiger partial charge in [-0.15, -0.1) is 0 Å². The molecule has 0 bridgehead atoms. The molecule has 2 atom stereocenters. The molecule has 120 valence electrons. The lowest BCUT2D eigenvalue weighted by atomic mass is 10.0. The Morgan fingerprint density at radius 2 is 2.09 bits per heavy atom. The second-order valence-corrected chi connectivity index (χ2v) is 6.91. The van der Waals surface area contributed by atoms with Crippen molar-refractivity contribution in [3.05, 3.63) is 23.8 Å². The lowest BCUT2D eigenvalue weighted by molar-refractivity contribution is -0.122. The van der Waals surface area contributed by atoms with E-state index in [1.165, 1.54) is 19.1 Å². The van der Waals surface area contributed by atoms with Crippen LogP contribution in [0.5, 0.6) is 0 Å². The molecule has 0 aromatic heterocycles. The van der Waals surface area contributed by atoms with Crippen LogP contribution in [0.4, 0.5) is 5.69 Å². The Hall–Kier alpha value is -1.93. The molecule has 2 amide bonds. The summed E-state index contributed by atoms with van der Waals surface area (Å²) in [5, 5.41) is 5.24. The van der Waals surface area contributed by atoms with Gasteiger partial charge in [0, 0.05) is 12.2 Å². The Kier molecular flexibility index (Phi) is 4.52. The van der Waals surface area contributed by atoms with E-state index in [-0.39, 0.29) is 10.8 Å². The van der Waals surface area contributed by atoms with E-state index in [0.29, 0.717) is 17.8 Å². The molecule has 7 nitrogen and oxygen atoms in total. The number of fused-ring (bicyclic) bond motifs is 1. The van der Waals surface area contributed by atoms with Crippen molar-refractivity contribution in [3.63, 3.8) is 0 Å². The fourth-order valence-corrected chi connectivity index (χ4v) is 3.48. The van der Waals surface area contributed by atoms with E-state index in [1.54, 1.807) is 19.9 Å². The van der Waals surface area contributed by atoms with Crippen LogP contribution in [0.25, 0.3) is 0 Å². The largest absolute Gasteiger partial charge is 0.355 e. The highest BCUT2D eigenvalue weighted by Gasteiger charge is 2.29. The zero-order chi connectivity index (χ0) is 16.5. The van der Waals surface area contributed by atoms with Gasteiger partial charge >= 0.3 is 0 Å². The van der Waals surface area contributed by atoms with Crippen molar-refractivity contribution in [2.24, 2.45) is 0 Å². The van der Waals surface area contributed by atoms with Crippen LogP contribution in [0.15, 0.2) is 23.1 Å². The molecule has 0 unspecified atom stereocenters. The Morgan fingerprint density at radius 1 is 1.41 bits per heavy atom. The number of sulfonamides is 1. The topological polar surface area (TPSA) is 104 Å². The van der Waals surface area contributed by atoms with E-state index in [4.69, 9.17) is 0 Å². The third-order valence-corrected chi connectivity index (χ3v) is 5.07. The van der Waals surface area contributed by atoms with Crippen molar-refractivity contribution in [2.75, 3.05) is 11.9 Å². The normalized spacial score (nSPS) is 18.5. The third kappa shape index (κ3) is 3.12. The highest BCUT2D eigenvalue weighted by molar-refractivity contribution is 7.89. The van der Waals surface area contributed by atoms with Gasteiger partial charge in [-0.3, -0.25) is 9.59 Å². The smallest absolute Gasteiger partial charge is 0.241 e. The Bertz CT molecular complexity index is 715. The summed E-state index contributed by atoms with van der Waals surface area (Å²) in [4.78, 5) is 23.3. The van der Waals surface area contributed by atoms with E-state index in [1.807, 2.05) is 0 Å². The number of likely N-dealkylation sites (N-methyl/N-ethyl adjacent to an activating group) is 1. The molecule has 0 radical (unpaired) electrons. The van der Waals surface area contributed by atoms with Crippen molar-refractivity contribution in [3.8, 4) is 0 Å². The lowest BCUT2D eigenvalue weighted by Gasteiger charge is -2.14. The number of anilines is 1. The summed E-state index contributed by atoms with van der Waals surface area (Å²) in [5.74, 6) is -0.948. The molecule has 1 aromatic rings. The van der Waals surface area contributed by atoms with Gasteiger partial charge in [-0.25, -0.2) is 8.42 Å². The van der Waals surface area contributed by atoms with Gasteiger partial charge in [-0.2, -0.15) is 4.72 Å². The maximum absolute atomic E-state index is 12.3. The Labute approximate surface area is 129 Å². The first-order valence-corrected chi connectivity index (χ1v) is 8.49. The van der Waals surface area contributed by atoms with Crippen LogP contribution in [0.3, 0.4) is 0 Å². The minimum atomic E-state index is -3.84. The van der Waals surface area contributed by atoms with Gasteiger partial charge in [-0.05, 0) is 44.5 Å². The Balaban J connectivity index is 2.24. The third-order valence-electron chi connectivity index (χ3n) is 3.53. The van der Waals surface area contributed by atoms with E-state index < -0.39 is 27.9 Å². The number of amides is 2. The molecule has 0 fully saturated rings. The van der Waals surface area contributed by atoms with Gasteiger partial charge in [0.05, 0.1) is 16.9 Å². The molecule has 1 aromatic carbocycles. The first kappa shape index (κ1) is 16.4. The van der Waals surface area contributed by atoms with Crippen LogP contribution < -0.4 is 15.4 Å². The molecule has 2 rings (SSSR count). The van der Waals surface area contributed by atoms with Gasteiger partial charge in [0.25, 0.3) is 0 Å². The number of hydrogen-bond donors (Lipinski definition) is 3. The number of nitrogens with one attached hydrogen (secondary N) is 3. The molecule has 8 heteroatoms. The first-order chi connectivity index (χ1) is 10.3. The zero-order valence-electron chi connectivity index (χ0n) is 12.6. The zero-order valence-corrected chi connectivity index (χ0v) is 13.5. The predicted octanol–water partition coefficient (Wildman–Crippen LogP) is 0.545. The van der Waals surface area contributed by atoms with Gasteiger partial charge in [0.2, 0.25) is 21.8 Å². The highest BCUT2D eigenvalue weighted by atomic mass is 32.2. The summed E-state index contributed by atoms with van der Waals surface area (Å²) in [5.41, 5.74) is 1.26. The van der Waals surface area contributed by atoms with Crippen LogP contribution in [-0.4, -0.2) is 32.8 Å². The van der Waals surface area contributed by atoms with Crippen LogP contribution >= 0.6 is 0 Å². The van der Waals surface area contributed by atoms with E-state index >= 15 is 0 Å². The summed E-state index contributed by atoms with van der Waals surface area (Å²) in [6.45, 7) is 5.37. The molecule has 1 aliphatic heterocycles. The van der Waals surface area contributed by atoms with E-state index in [0.717, 1.165) is 0 Å². The van der Waals surface area contributed by atoms with Crippen LogP contribution in [0, 0.1) is 0 Å². The number of hydrogen-bond acceptors (Lipinski definition) is 4. The minimum absolute atomic E-state index is 0.0331. The lowest BCUT2D eigenvalue weighted by Crippen LogP contribution is -2.44. The van der Waals surface area contributed by atoms with Gasteiger partial charge in [0.15, 0.2) is 0 Å². The average Bonchev–Trinajstić information content (AvgIpc) is 2.73. The molecule has 3 N–H and O–H groups in total. The molecule has 22 heavy (non-hydrogen) atoms. The molecule has 0 saturated carbocycles. The predicted molar refractivity (Wildman–Crippen MR) is 82.0 cm³/mol. The summed E-state index contributed by atoms with van der Waals surface area (Å²) < 4.78 is 27.0. The summed E-state index contributed by atoms with van der Waals surface area (Å²) in [7, 11) is -3.84. The molecule has 1 heterocycles. The molecule has 0 spiro atoms. The summed E-state index contributed by atoms with van der Waals surface area (Å²) in [6, 6.07) is 3.55. The quantitative estimate of drug-likeness (QED) is 0.735. The molecular formula is C14H19N3O4S. The van der Waals surface area contributed by atoms with Crippen molar-refractivity contribution < 1.29 is 18.0 Å². The van der Waals surface area contributed by atoms with Gasteiger partial charge in [0.1, 0.15) is 0 Å². The SMILES string of the molecule is CCNC(=O)[C@H](C)NS(=O)(=O)c1ccc2c(c1)[C@@H](C)C(=O)N2. The van der Waals surface area contributed by atoms with Crippen molar-refractivity contribution >= 4 is 27.5 Å². The van der Waals surface area contributed by atoms with Crippen LogP contribution in [-0.2, 0) is 19.6 Å². The second kappa shape index (κ2) is 6.05. The van der Waals surface area contributed by atoms with Crippen molar-refractivity contribution in [1.82, 2.24) is 10.0 Å². The number of carbonyl (C=O) groups excluding carboxylic acids is 2. The number of carbonyl (C=O) groups is 2. The minimum Gasteiger partial charge on any atom is -0.355 e. The second-order valence-electron chi connectivity index (χ2n) is 5.20.